The highest BCUT2D eigenvalue weighted by Gasteiger charge is 2.19. The first-order valence-corrected chi connectivity index (χ1v) is 8.57. The Balaban J connectivity index is 1.68. The predicted molar refractivity (Wildman–Crippen MR) is 96.2 cm³/mol. The van der Waals surface area contributed by atoms with Gasteiger partial charge in [-0.25, -0.2) is 19.9 Å². The number of carbonyl (C=O) groups is 1. The Labute approximate surface area is 145 Å². The molecule has 0 bridgehead atoms. The van der Waals surface area contributed by atoms with Crippen LogP contribution in [-0.2, 0) is 12.8 Å². The van der Waals surface area contributed by atoms with Gasteiger partial charge in [0.1, 0.15) is 0 Å². The van der Waals surface area contributed by atoms with Gasteiger partial charge in [-0.1, -0.05) is 13.0 Å². The van der Waals surface area contributed by atoms with Crippen LogP contribution in [0.5, 0.6) is 0 Å². The number of hydrogen-bond donors (Lipinski definition) is 1. The van der Waals surface area contributed by atoms with Crippen LogP contribution >= 0.6 is 0 Å². The van der Waals surface area contributed by atoms with Gasteiger partial charge in [0, 0.05) is 18.0 Å². The van der Waals surface area contributed by atoms with E-state index in [0.29, 0.717) is 23.9 Å². The van der Waals surface area contributed by atoms with Crippen molar-refractivity contribution in [2.24, 2.45) is 0 Å². The smallest absolute Gasteiger partial charge is 0.230 e. The largest absolute Gasteiger partial charge is 0.294 e. The molecule has 0 saturated carbocycles. The maximum absolute atomic E-state index is 11.9. The van der Waals surface area contributed by atoms with Crippen LogP contribution in [0.25, 0.3) is 10.9 Å². The Morgan fingerprint density at radius 2 is 2.00 bits per heavy atom. The highest BCUT2D eigenvalue weighted by molar-refractivity contribution is 5.97. The van der Waals surface area contributed by atoms with Crippen LogP contribution in [0, 0.1) is 6.92 Å². The quantitative estimate of drug-likeness (QED) is 0.789. The van der Waals surface area contributed by atoms with Crippen LogP contribution in [0.2, 0.25) is 0 Å². The maximum atomic E-state index is 11.9. The summed E-state index contributed by atoms with van der Waals surface area (Å²) in [5.41, 5.74) is 4.51. The van der Waals surface area contributed by atoms with E-state index in [1.54, 1.807) is 6.20 Å². The summed E-state index contributed by atoms with van der Waals surface area (Å²) in [4.78, 5) is 29.7. The number of fused-ring (bicyclic) bond motifs is 2. The van der Waals surface area contributed by atoms with Crippen LogP contribution in [-0.4, -0.2) is 25.7 Å². The second-order valence-electron chi connectivity index (χ2n) is 6.29. The normalized spacial score (nSPS) is 13.8. The number of nitrogens with one attached hydrogen (secondary N) is 1. The summed E-state index contributed by atoms with van der Waals surface area (Å²) in [7, 11) is 0. The number of hydrogen-bond acceptors (Lipinski definition) is 6. The van der Waals surface area contributed by atoms with Crippen LogP contribution in [0.3, 0.4) is 0 Å². The Morgan fingerprint density at radius 1 is 1.12 bits per heavy atom. The van der Waals surface area contributed by atoms with Gasteiger partial charge >= 0.3 is 0 Å². The first-order chi connectivity index (χ1) is 12.1. The van der Waals surface area contributed by atoms with Crippen molar-refractivity contribution < 1.29 is 4.79 Å². The van der Waals surface area contributed by atoms with Gasteiger partial charge in [0.15, 0.2) is 5.78 Å². The third-order valence-corrected chi connectivity index (χ3v) is 4.57. The third kappa shape index (κ3) is 2.95. The summed E-state index contributed by atoms with van der Waals surface area (Å²) >= 11 is 0. The zero-order valence-corrected chi connectivity index (χ0v) is 14.3. The number of Topliss-reactive ketones (excluding diaryl/α,β-unsaturated/α-hetero) is 1. The molecule has 1 aliphatic rings. The molecule has 1 N–H and O–H groups in total. The lowest BCUT2D eigenvalue weighted by atomic mass is 9.96. The molecular weight excluding hydrogens is 314 g/mol. The van der Waals surface area contributed by atoms with E-state index in [2.05, 4.69) is 44.3 Å². The number of rotatable bonds is 3. The molecule has 1 aliphatic carbocycles. The lowest BCUT2D eigenvalue weighted by Crippen LogP contribution is -2.14. The molecule has 0 atom stereocenters. The molecule has 2 aromatic heterocycles. The van der Waals surface area contributed by atoms with Crippen molar-refractivity contribution in [3.8, 4) is 0 Å². The summed E-state index contributed by atoms with van der Waals surface area (Å²) in [5, 5.41) is 4.13. The molecule has 4 rings (SSSR count). The molecule has 0 amide bonds. The number of benzene rings is 1. The van der Waals surface area contributed by atoms with E-state index in [9.17, 15) is 4.79 Å². The molecule has 126 valence electrons. The van der Waals surface area contributed by atoms with E-state index in [0.717, 1.165) is 41.6 Å². The number of ketones is 1. The topological polar surface area (TPSA) is 80.7 Å². The highest BCUT2D eigenvalue weighted by Crippen LogP contribution is 2.22. The molecular formula is C19H19N5O. The van der Waals surface area contributed by atoms with E-state index < -0.39 is 0 Å². The van der Waals surface area contributed by atoms with Crippen LogP contribution in [0.15, 0.2) is 24.4 Å². The second-order valence-corrected chi connectivity index (χ2v) is 6.29. The number of nitrogens with zero attached hydrogens (tertiary/aromatic N) is 4. The molecule has 0 aliphatic heterocycles. The first kappa shape index (κ1) is 15.6. The predicted octanol–water partition coefficient (Wildman–Crippen LogP) is 3.55. The molecule has 0 saturated heterocycles. The van der Waals surface area contributed by atoms with Gasteiger partial charge in [0.2, 0.25) is 11.9 Å². The average Bonchev–Trinajstić information content (AvgIpc) is 2.62. The van der Waals surface area contributed by atoms with E-state index in [1.807, 2.05) is 13.0 Å². The molecule has 6 heteroatoms. The minimum Gasteiger partial charge on any atom is -0.294 e. The molecule has 25 heavy (non-hydrogen) atoms. The minimum absolute atomic E-state index is 0.123. The fourth-order valence-electron chi connectivity index (χ4n) is 3.16. The van der Waals surface area contributed by atoms with Gasteiger partial charge in [-0.15, -0.1) is 0 Å². The van der Waals surface area contributed by atoms with Crippen molar-refractivity contribution in [1.29, 1.82) is 0 Å². The molecule has 0 spiro atoms. The monoisotopic (exact) mass is 333 g/mol. The van der Waals surface area contributed by atoms with Crippen molar-refractivity contribution in [2.45, 2.75) is 39.5 Å². The molecule has 0 fully saturated rings. The van der Waals surface area contributed by atoms with Crippen molar-refractivity contribution in [3.05, 3.63) is 46.9 Å². The number of carbonyl (C=O) groups excluding carboxylic acids is 1. The molecule has 1 aromatic carbocycles. The Bertz CT molecular complexity index is 983. The summed E-state index contributed by atoms with van der Waals surface area (Å²) < 4.78 is 0. The zero-order valence-electron chi connectivity index (χ0n) is 14.3. The lowest BCUT2D eigenvalue weighted by Gasteiger charge is -2.14. The number of aromatic nitrogens is 4. The Hall–Kier alpha value is -2.89. The highest BCUT2D eigenvalue weighted by atomic mass is 16.1. The maximum Gasteiger partial charge on any atom is 0.230 e. The number of aryl methyl sites for hydroxylation is 3. The van der Waals surface area contributed by atoms with Crippen LogP contribution in [0.1, 0.15) is 47.1 Å². The second kappa shape index (κ2) is 6.20. The summed E-state index contributed by atoms with van der Waals surface area (Å²) in [6, 6.07) is 6.23. The fraction of sp³-hybridized carbons (Fsp3) is 0.316. The first-order valence-electron chi connectivity index (χ1n) is 8.57. The van der Waals surface area contributed by atoms with Crippen LogP contribution < -0.4 is 5.32 Å². The van der Waals surface area contributed by atoms with E-state index in [-0.39, 0.29) is 5.78 Å². The van der Waals surface area contributed by atoms with Crippen molar-refractivity contribution in [3.63, 3.8) is 0 Å². The lowest BCUT2D eigenvalue weighted by molar-refractivity contribution is 0.0971. The molecule has 2 heterocycles. The third-order valence-electron chi connectivity index (χ3n) is 4.57. The van der Waals surface area contributed by atoms with Gasteiger partial charge in [-0.3, -0.25) is 10.1 Å². The summed E-state index contributed by atoms with van der Waals surface area (Å²) in [6.45, 7) is 4.10. The van der Waals surface area contributed by atoms with Gasteiger partial charge < -0.3 is 0 Å². The molecule has 0 unspecified atom stereocenters. The molecule has 0 radical (unpaired) electrons. The molecule has 6 nitrogen and oxygen atoms in total. The minimum atomic E-state index is 0.123. The van der Waals surface area contributed by atoms with Gasteiger partial charge in [-0.2, -0.15) is 0 Å². The van der Waals surface area contributed by atoms with Crippen molar-refractivity contribution in [1.82, 2.24) is 19.9 Å². The fourth-order valence-corrected chi connectivity index (χ4v) is 3.16. The van der Waals surface area contributed by atoms with Crippen molar-refractivity contribution >= 4 is 28.6 Å². The zero-order chi connectivity index (χ0) is 17.4. The standard InChI is InChI=1S/C19H19N5O/c1-3-12-7-8-16-13(9-12)11(2)21-19(23-16)24-18-20-10-14-15(22-18)5-4-6-17(14)25/h7-10H,3-6H2,1-2H3,(H,20,21,22,23,24). The van der Waals surface area contributed by atoms with Crippen LogP contribution in [0.4, 0.5) is 11.9 Å². The van der Waals surface area contributed by atoms with Crippen molar-refractivity contribution in [2.75, 3.05) is 5.32 Å². The van der Waals surface area contributed by atoms with E-state index in [4.69, 9.17) is 0 Å². The summed E-state index contributed by atoms with van der Waals surface area (Å²) in [5.74, 6) is 1.02. The van der Waals surface area contributed by atoms with E-state index >= 15 is 0 Å². The van der Waals surface area contributed by atoms with Gasteiger partial charge in [0.05, 0.1) is 22.5 Å². The SMILES string of the molecule is CCc1ccc2nc(Nc3ncc4c(n3)CCCC4=O)nc(C)c2c1. The molecule has 3 aromatic rings. The van der Waals surface area contributed by atoms with Gasteiger partial charge in [-0.05, 0) is 43.9 Å². The average molecular weight is 333 g/mol. The summed E-state index contributed by atoms with van der Waals surface area (Å²) in [6.07, 6.45) is 4.81. The Kier molecular flexibility index (Phi) is 3.87. The number of anilines is 2. The van der Waals surface area contributed by atoms with Gasteiger partial charge in [0.25, 0.3) is 0 Å². The van der Waals surface area contributed by atoms with E-state index in [1.165, 1.54) is 5.56 Å². The Morgan fingerprint density at radius 3 is 2.84 bits per heavy atom.